The van der Waals surface area contributed by atoms with Crippen LogP contribution in [0.2, 0.25) is 0 Å². The third-order valence-corrected chi connectivity index (χ3v) is 1.93. The third-order valence-electron chi connectivity index (χ3n) is 1.93. The van der Waals surface area contributed by atoms with E-state index < -0.39 is 5.91 Å². The fourth-order valence-electron chi connectivity index (χ4n) is 1.23. The van der Waals surface area contributed by atoms with Crippen LogP contribution in [0.5, 0.6) is 0 Å². The van der Waals surface area contributed by atoms with Crippen molar-refractivity contribution in [3.8, 4) is 0 Å². The Morgan fingerprint density at radius 2 is 2.14 bits per heavy atom. The van der Waals surface area contributed by atoms with E-state index in [9.17, 15) is 9.18 Å². The molecule has 0 fully saturated rings. The number of benzene rings is 1. The number of carbonyl (C=O) groups excluding carboxylic acids is 1. The van der Waals surface area contributed by atoms with Crippen molar-refractivity contribution in [1.82, 2.24) is 4.98 Å². The molecule has 70 valence electrons. The molecule has 4 heteroatoms. The first kappa shape index (κ1) is 8.62. The molecule has 0 bridgehead atoms. The normalized spacial score (nSPS) is 10.4. The Kier molecular flexibility index (Phi) is 1.89. The number of hydrogen-bond acceptors (Lipinski definition) is 2. The highest BCUT2D eigenvalue weighted by Crippen LogP contribution is 2.14. The van der Waals surface area contributed by atoms with Crippen molar-refractivity contribution in [2.75, 3.05) is 0 Å². The topological polar surface area (TPSA) is 56.0 Å². The van der Waals surface area contributed by atoms with Crippen LogP contribution < -0.4 is 5.73 Å². The van der Waals surface area contributed by atoms with Gasteiger partial charge in [0.05, 0.1) is 11.1 Å². The lowest BCUT2D eigenvalue weighted by atomic mass is 10.1. The number of amides is 1. The first-order chi connectivity index (χ1) is 6.66. The Morgan fingerprint density at radius 1 is 1.36 bits per heavy atom. The zero-order valence-electron chi connectivity index (χ0n) is 7.20. The molecule has 0 radical (unpaired) electrons. The molecular weight excluding hydrogens is 183 g/mol. The van der Waals surface area contributed by atoms with Crippen LogP contribution in [-0.2, 0) is 0 Å². The fourth-order valence-corrected chi connectivity index (χ4v) is 1.23. The molecule has 2 rings (SSSR count). The molecule has 0 aliphatic rings. The van der Waals surface area contributed by atoms with Crippen LogP contribution in [0.4, 0.5) is 4.39 Å². The molecule has 0 unspecified atom stereocenters. The Balaban J connectivity index is 2.67. The number of carbonyl (C=O) groups is 1. The SMILES string of the molecule is NC(=O)c1cnc2cc(F)ccc2c1. The molecule has 0 saturated heterocycles. The van der Waals surface area contributed by atoms with E-state index >= 15 is 0 Å². The van der Waals surface area contributed by atoms with Gasteiger partial charge in [0.1, 0.15) is 5.82 Å². The molecule has 0 aliphatic heterocycles. The Labute approximate surface area is 79.4 Å². The second-order valence-corrected chi connectivity index (χ2v) is 2.93. The molecule has 1 aromatic heterocycles. The number of nitrogens with two attached hydrogens (primary N) is 1. The minimum atomic E-state index is -0.538. The molecule has 1 heterocycles. The van der Waals surface area contributed by atoms with Crippen LogP contribution in [0.1, 0.15) is 10.4 Å². The molecule has 3 nitrogen and oxygen atoms in total. The summed E-state index contributed by atoms with van der Waals surface area (Å²) < 4.78 is 12.8. The predicted octanol–water partition coefficient (Wildman–Crippen LogP) is 1.47. The Hall–Kier alpha value is -1.97. The highest BCUT2D eigenvalue weighted by molar-refractivity contribution is 5.96. The molecule has 2 N–H and O–H groups in total. The highest BCUT2D eigenvalue weighted by atomic mass is 19.1. The number of aromatic nitrogens is 1. The second-order valence-electron chi connectivity index (χ2n) is 2.93. The van der Waals surface area contributed by atoms with Gasteiger partial charge in [0.15, 0.2) is 0 Å². The van der Waals surface area contributed by atoms with Gasteiger partial charge in [-0.3, -0.25) is 9.78 Å². The largest absolute Gasteiger partial charge is 0.366 e. The van der Waals surface area contributed by atoms with Gasteiger partial charge in [0.2, 0.25) is 5.91 Å². The minimum absolute atomic E-state index is 0.323. The summed E-state index contributed by atoms with van der Waals surface area (Å²) in [6, 6.07) is 5.77. The molecule has 0 spiro atoms. The molecule has 1 aromatic carbocycles. The van der Waals surface area contributed by atoms with E-state index in [1.165, 1.54) is 18.3 Å². The van der Waals surface area contributed by atoms with Crippen molar-refractivity contribution in [2.24, 2.45) is 5.73 Å². The maximum atomic E-state index is 12.8. The quantitative estimate of drug-likeness (QED) is 0.740. The summed E-state index contributed by atoms with van der Waals surface area (Å²) in [6.45, 7) is 0. The van der Waals surface area contributed by atoms with Gasteiger partial charge in [-0.05, 0) is 18.2 Å². The van der Waals surface area contributed by atoms with E-state index in [1.54, 1.807) is 12.1 Å². The van der Waals surface area contributed by atoms with Gasteiger partial charge in [-0.15, -0.1) is 0 Å². The fraction of sp³-hybridized carbons (Fsp3) is 0. The summed E-state index contributed by atoms with van der Waals surface area (Å²) in [5.41, 5.74) is 5.91. The number of hydrogen-bond donors (Lipinski definition) is 1. The van der Waals surface area contributed by atoms with Crippen LogP contribution in [-0.4, -0.2) is 10.9 Å². The molecule has 0 saturated carbocycles. The van der Waals surface area contributed by atoms with Crippen LogP contribution in [0.25, 0.3) is 10.9 Å². The standard InChI is InChI=1S/C10H7FN2O/c11-8-2-1-6-3-7(10(12)14)5-13-9(6)4-8/h1-5H,(H2,12,14). The summed E-state index contributed by atoms with van der Waals surface area (Å²) in [6.07, 6.45) is 1.34. The summed E-state index contributed by atoms with van der Waals surface area (Å²) in [7, 11) is 0. The summed E-state index contributed by atoms with van der Waals surface area (Å²) in [5.74, 6) is -0.888. The van der Waals surface area contributed by atoms with Crippen LogP contribution in [0.15, 0.2) is 30.5 Å². The Morgan fingerprint density at radius 3 is 2.86 bits per heavy atom. The summed E-state index contributed by atoms with van der Waals surface area (Å²) in [4.78, 5) is 14.7. The number of nitrogens with zero attached hydrogens (tertiary/aromatic N) is 1. The van der Waals surface area contributed by atoms with Crippen molar-refractivity contribution in [1.29, 1.82) is 0 Å². The third kappa shape index (κ3) is 1.42. The van der Waals surface area contributed by atoms with Gasteiger partial charge in [0, 0.05) is 17.6 Å². The van der Waals surface area contributed by atoms with Gasteiger partial charge in [-0.25, -0.2) is 4.39 Å². The van der Waals surface area contributed by atoms with E-state index in [0.717, 1.165) is 0 Å². The summed E-state index contributed by atoms with van der Waals surface area (Å²) in [5, 5.41) is 0.697. The van der Waals surface area contributed by atoms with Gasteiger partial charge >= 0.3 is 0 Å². The van der Waals surface area contributed by atoms with Crippen molar-refractivity contribution < 1.29 is 9.18 Å². The predicted molar refractivity (Wildman–Crippen MR) is 50.2 cm³/mol. The van der Waals surface area contributed by atoms with Gasteiger partial charge in [0.25, 0.3) is 0 Å². The maximum Gasteiger partial charge on any atom is 0.250 e. The van der Waals surface area contributed by atoms with Crippen LogP contribution in [0, 0.1) is 5.82 Å². The number of halogens is 1. The van der Waals surface area contributed by atoms with Gasteiger partial charge in [-0.2, -0.15) is 0 Å². The first-order valence-electron chi connectivity index (χ1n) is 4.02. The first-order valence-corrected chi connectivity index (χ1v) is 4.02. The van der Waals surface area contributed by atoms with Crippen LogP contribution >= 0.6 is 0 Å². The maximum absolute atomic E-state index is 12.8. The highest BCUT2D eigenvalue weighted by Gasteiger charge is 2.03. The molecule has 14 heavy (non-hydrogen) atoms. The van der Waals surface area contributed by atoms with Crippen molar-refractivity contribution in [2.45, 2.75) is 0 Å². The van der Waals surface area contributed by atoms with E-state index in [-0.39, 0.29) is 5.82 Å². The number of pyridine rings is 1. The Bertz CT molecular complexity index is 510. The molecular formula is C10H7FN2O. The average Bonchev–Trinajstić information content (AvgIpc) is 2.16. The minimum Gasteiger partial charge on any atom is -0.366 e. The number of primary amides is 1. The smallest absolute Gasteiger partial charge is 0.250 e. The molecule has 2 aromatic rings. The van der Waals surface area contributed by atoms with Crippen molar-refractivity contribution in [3.63, 3.8) is 0 Å². The second kappa shape index (κ2) is 3.06. The monoisotopic (exact) mass is 190 g/mol. The lowest BCUT2D eigenvalue weighted by Crippen LogP contribution is -2.10. The zero-order valence-corrected chi connectivity index (χ0v) is 7.20. The van der Waals surface area contributed by atoms with E-state index in [4.69, 9.17) is 5.73 Å². The van der Waals surface area contributed by atoms with E-state index in [0.29, 0.717) is 16.5 Å². The lowest BCUT2D eigenvalue weighted by molar-refractivity contribution is 0.1000. The number of fused-ring (bicyclic) bond motifs is 1. The zero-order chi connectivity index (χ0) is 10.1. The summed E-state index contributed by atoms with van der Waals surface area (Å²) >= 11 is 0. The van der Waals surface area contributed by atoms with Crippen molar-refractivity contribution in [3.05, 3.63) is 41.8 Å². The number of rotatable bonds is 1. The molecule has 0 aliphatic carbocycles. The molecule has 0 atom stereocenters. The van der Waals surface area contributed by atoms with Crippen LogP contribution in [0.3, 0.4) is 0 Å². The molecule has 1 amide bonds. The van der Waals surface area contributed by atoms with Crippen molar-refractivity contribution >= 4 is 16.8 Å². The van der Waals surface area contributed by atoms with E-state index in [1.807, 2.05) is 0 Å². The lowest BCUT2D eigenvalue weighted by Gasteiger charge is -1.99. The van der Waals surface area contributed by atoms with Gasteiger partial charge in [-0.1, -0.05) is 0 Å². The van der Waals surface area contributed by atoms with Gasteiger partial charge < -0.3 is 5.73 Å². The average molecular weight is 190 g/mol. The van der Waals surface area contributed by atoms with E-state index in [2.05, 4.69) is 4.98 Å².